The molecule has 0 radical (unpaired) electrons. The van der Waals surface area contributed by atoms with Crippen molar-refractivity contribution >= 4 is 29.3 Å². The van der Waals surface area contributed by atoms with Gasteiger partial charge < -0.3 is 5.73 Å². The second-order valence-corrected chi connectivity index (χ2v) is 4.34. The van der Waals surface area contributed by atoms with Crippen molar-refractivity contribution in [3.05, 3.63) is 29.2 Å². The van der Waals surface area contributed by atoms with E-state index in [4.69, 9.17) is 17.3 Å². The molecular formula is C9H8ClN5S. The predicted octanol–water partition coefficient (Wildman–Crippen LogP) is 1.96. The number of hydrogen-bond acceptors (Lipinski definition) is 6. The molecule has 0 aliphatic carbocycles. The first-order valence-electron chi connectivity index (χ1n) is 4.41. The zero-order valence-corrected chi connectivity index (χ0v) is 9.96. The van der Waals surface area contributed by atoms with Gasteiger partial charge in [0.2, 0.25) is 5.95 Å². The van der Waals surface area contributed by atoms with Gasteiger partial charge in [0.25, 0.3) is 0 Å². The SMILES string of the molecule is Cc1ccnc(Sc2cc(Cl)nc(N)n2)n1. The molecule has 82 valence electrons. The molecule has 2 heterocycles. The summed E-state index contributed by atoms with van der Waals surface area (Å²) in [7, 11) is 0. The summed E-state index contributed by atoms with van der Waals surface area (Å²) in [4.78, 5) is 16.1. The number of nitrogen functional groups attached to an aromatic ring is 1. The van der Waals surface area contributed by atoms with Crippen LogP contribution in [-0.2, 0) is 0 Å². The van der Waals surface area contributed by atoms with Crippen molar-refractivity contribution in [3.63, 3.8) is 0 Å². The Balaban J connectivity index is 2.27. The smallest absolute Gasteiger partial charge is 0.222 e. The van der Waals surface area contributed by atoms with E-state index in [9.17, 15) is 0 Å². The third-order valence-corrected chi connectivity index (χ3v) is 2.65. The number of aryl methyl sites for hydroxylation is 1. The Labute approximate surface area is 101 Å². The van der Waals surface area contributed by atoms with Crippen molar-refractivity contribution in [2.45, 2.75) is 17.1 Å². The predicted molar refractivity (Wildman–Crippen MR) is 62.3 cm³/mol. The first-order chi connectivity index (χ1) is 7.63. The second-order valence-electron chi connectivity index (χ2n) is 2.97. The van der Waals surface area contributed by atoms with E-state index in [1.165, 1.54) is 11.8 Å². The molecule has 2 aromatic rings. The van der Waals surface area contributed by atoms with Crippen molar-refractivity contribution in [2.24, 2.45) is 0 Å². The van der Waals surface area contributed by atoms with Crippen LogP contribution in [0.3, 0.4) is 0 Å². The van der Waals surface area contributed by atoms with Gasteiger partial charge in [0.15, 0.2) is 5.16 Å². The Kier molecular flexibility index (Phi) is 3.21. The van der Waals surface area contributed by atoms with Crippen LogP contribution in [0, 0.1) is 6.92 Å². The first kappa shape index (κ1) is 11.1. The molecule has 2 aromatic heterocycles. The summed E-state index contributed by atoms with van der Waals surface area (Å²) in [6.07, 6.45) is 1.69. The van der Waals surface area contributed by atoms with Crippen LogP contribution >= 0.6 is 23.4 Å². The van der Waals surface area contributed by atoms with Crippen LogP contribution < -0.4 is 5.73 Å². The summed E-state index contributed by atoms with van der Waals surface area (Å²) in [5.74, 6) is 0.141. The topological polar surface area (TPSA) is 77.6 Å². The van der Waals surface area contributed by atoms with E-state index in [-0.39, 0.29) is 5.95 Å². The standard InChI is InChI=1S/C9H8ClN5S/c1-5-2-3-12-9(13-5)16-7-4-6(10)14-8(11)15-7/h2-4H,1H3,(H2,11,14,15). The highest BCUT2D eigenvalue weighted by atomic mass is 35.5. The van der Waals surface area contributed by atoms with Crippen molar-refractivity contribution in [2.75, 3.05) is 5.73 Å². The first-order valence-corrected chi connectivity index (χ1v) is 5.60. The second kappa shape index (κ2) is 4.63. The number of hydrogen-bond donors (Lipinski definition) is 1. The number of aromatic nitrogens is 4. The number of nitrogens with two attached hydrogens (primary N) is 1. The summed E-state index contributed by atoms with van der Waals surface area (Å²) >= 11 is 7.05. The van der Waals surface area contributed by atoms with Crippen molar-refractivity contribution in [1.82, 2.24) is 19.9 Å². The monoisotopic (exact) mass is 253 g/mol. The minimum absolute atomic E-state index is 0.141. The Hall–Kier alpha value is -1.40. The lowest BCUT2D eigenvalue weighted by atomic mass is 10.5. The molecule has 0 aliphatic heterocycles. The van der Waals surface area contributed by atoms with Gasteiger partial charge in [-0.2, -0.15) is 0 Å². The zero-order valence-electron chi connectivity index (χ0n) is 8.38. The van der Waals surface area contributed by atoms with Gasteiger partial charge in [-0.1, -0.05) is 11.6 Å². The largest absolute Gasteiger partial charge is 0.368 e. The summed E-state index contributed by atoms with van der Waals surface area (Å²) in [5.41, 5.74) is 6.38. The molecule has 0 saturated heterocycles. The van der Waals surface area contributed by atoms with Crippen LogP contribution in [0.1, 0.15) is 5.69 Å². The molecule has 0 spiro atoms. The van der Waals surface area contributed by atoms with Crippen LogP contribution in [0.25, 0.3) is 0 Å². The van der Waals surface area contributed by atoms with Gasteiger partial charge in [-0.3, -0.25) is 0 Å². The number of rotatable bonds is 2. The fraction of sp³-hybridized carbons (Fsp3) is 0.111. The van der Waals surface area contributed by atoms with E-state index in [1.807, 2.05) is 13.0 Å². The number of anilines is 1. The maximum atomic E-state index is 5.76. The lowest BCUT2D eigenvalue weighted by Crippen LogP contribution is -1.96. The van der Waals surface area contributed by atoms with Gasteiger partial charge in [-0.05, 0) is 24.8 Å². The average Bonchev–Trinajstić information content (AvgIpc) is 2.15. The summed E-state index contributed by atoms with van der Waals surface area (Å²) in [6, 6.07) is 3.44. The van der Waals surface area contributed by atoms with Crippen LogP contribution in [0.4, 0.5) is 5.95 Å². The third-order valence-electron chi connectivity index (χ3n) is 1.66. The molecular weight excluding hydrogens is 246 g/mol. The van der Waals surface area contributed by atoms with Crippen LogP contribution in [0.2, 0.25) is 5.15 Å². The third kappa shape index (κ3) is 2.80. The van der Waals surface area contributed by atoms with Crippen LogP contribution in [-0.4, -0.2) is 19.9 Å². The molecule has 0 aliphatic rings. The fourth-order valence-electron chi connectivity index (χ4n) is 1.03. The Morgan fingerprint density at radius 1 is 1.31 bits per heavy atom. The fourth-order valence-corrected chi connectivity index (χ4v) is 2.09. The normalized spacial score (nSPS) is 10.4. The molecule has 0 saturated carbocycles. The molecule has 5 nitrogen and oxygen atoms in total. The summed E-state index contributed by atoms with van der Waals surface area (Å²) in [5, 5.41) is 1.54. The molecule has 2 N–H and O–H groups in total. The van der Waals surface area contributed by atoms with Crippen LogP contribution in [0.5, 0.6) is 0 Å². The van der Waals surface area contributed by atoms with Gasteiger partial charge in [0.1, 0.15) is 10.2 Å². The van der Waals surface area contributed by atoms with Crippen molar-refractivity contribution in [3.8, 4) is 0 Å². The van der Waals surface area contributed by atoms with Gasteiger partial charge in [-0.15, -0.1) is 0 Å². The molecule has 0 atom stereocenters. The molecule has 0 fully saturated rings. The lowest BCUT2D eigenvalue weighted by Gasteiger charge is -2.01. The molecule has 16 heavy (non-hydrogen) atoms. The quantitative estimate of drug-likeness (QED) is 0.651. The van der Waals surface area contributed by atoms with Gasteiger partial charge in [-0.25, -0.2) is 19.9 Å². The highest BCUT2D eigenvalue weighted by Gasteiger charge is 2.05. The Morgan fingerprint density at radius 2 is 2.12 bits per heavy atom. The van der Waals surface area contributed by atoms with Crippen molar-refractivity contribution < 1.29 is 0 Å². The molecule has 7 heteroatoms. The minimum atomic E-state index is 0.141. The number of halogens is 1. The lowest BCUT2D eigenvalue weighted by molar-refractivity contribution is 0.926. The van der Waals surface area contributed by atoms with E-state index in [1.54, 1.807) is 12.3 Å². The molecule has 0 amide bonds. The maximum Gasteiger partial charge on any atom is 0.222 e. The summed E-state index contributed by atoms with van der Waals surface area (Å²) < 4.78 is 0. The van der Waals surface area contributed by atoms with Gasteiger partial charge in [0, 0.05) is 18.0 Å². The van der Waals surface area contributed by atoms with Crippen molar-refractivity contribution in [1.29, 1.82) is 0 Å². The Bertz CT molecular complexity index is 499. The van der Waals surface area contributed by atoms with Gasteiger partial charge in [0.05, 0.1) is 0 Å². The molecule has 0 bridgehead atoms. The van der Waals surface area contributed by atoms with E-state index in [0.717, 1.165) is 5.69 Å². The van der Waals surface area contributed by atoms with E-state index in [2.05, 4.69) is 19.9 Å². The van der Waals surface area contributed by atoms with E-state index < -0.39 is 0 Å². The van der Waals surface area contributed by atoms with Crippen LogP contribution in [0.15, 0.2) is 28.5 Å². The van der Waals surface area contributed by atoms with E-state index in [0.29, 0.717) is 15.3 Å². The molecule has 0 aromatic carbocycles. The zero-order chi connectivity index (χ0) is 11.5. The number of nitrogens with zero attached hydrogens (tertiary/aromatic N) is 4. The minimum Gasteiger partial charge on any atom is -0.368 e. The highest BCUT2D eigenvalue weighted by Crippen LogP contribution is 2.24. The molecule has 0 unspecified atom stereocenters. The average molecular weight is 254 g/mol. The van der Waals surface area contributed by atoms with E-state index >= 15 is 0 Å². The van der Waals surface area contributed by atoms with Gasteiger partial charge >= 0.3 is 0 Å². The highest BCUT2D eigenvalue weighted by molar-refractivity contribution is 7.99. The Morgan fingerprint density at radius 3 is 2.81 bits per heavy atom. The molecule has 2 rings (SSSR count). The maximum absolute atomic E-state index is 5.76. The summed E-state index contributed by atoms with van der Waals surface area (Å²) in [6.45, 7) is 1.90.